The molecule has 0 aromatic heterocycles. The summed E-state index contributed by atoms with van der Waals surface area (Å²) < 4.78 is 11.5. The van der Waals surface area contributed by atoms with Crippen molar-refractivity contribution in [1.29, 1.82) is 0 Å². The van der Waals surface area contributed by atoms with Crippen molar-refractivity contribution in [3.63, 3.8) is 0 Å². The number of hydrogen-bond acceptors (Lipinski definition) is 7. The van der Waals surface area contributed by atoms with E-state index in [1.54, 1.807) is 37.3 Å². The summed E-state index contributed by atoms with van der Waals surface area (Å²) in [5.74, 6) is 0.322. The van der Waals surface area contributed by atoms with Gasteiger partial charge in [-0.15, -0.1) is 0 Å². The summed E-state index contributed by atoms with van der Waals surface area (Å²) in [4.78, 5) is 36.6. The molecule has 0 bridgehead atoms. The molecule has 2 aromatic carbocycles. The fourth-order valence-electron chi connectivity index (χ4n) is 3.06. The molecule has 0 radical (unpaired) electrons. The van der Waals surface area contributed by atoms with Gasteiger partial charge in [-0.25, -0.2) is 0 Å². The number of rotatable bonds is 9. The van der Waals surface area contributed by atoms with Crippen LogP contribution in [-0.2, 0) is 11.4 Å². The van der Waals surface area contributed by atoms with Gasteiger partial charge in [0.25, 0.3) is 16.8 Å². The van der Waals surface area contributed by atoms with E-state index in [1.165, 1.54) is 17.0 Å². The van der Waals surface area contributed by atoms with Gasteiger partial charge in [0.05, 0.1) is 21.5 Å². The van der Waals surface area contributed by atoms with Crippen LogP contribution in [0.5, 0.6) is 11.5 Å². The Hall–Kier alpha value is -3.04. The van der Waals surface area contributed by atoms with Crippen LogP contribution in [-0.4, -0.2) is 34.1 Å². The molecule has 1 aliphatic heterocycles. The number of thioether (sulfide) groups is 1. The second kappa shape index (κ2) is 10.5. The van der Waals surface area contributed by atoms with Crippen molar-refractivity contribution < 1.29 is 24.0 Å². The first kappa shape index (κ1) is 23.6. The number of hydrogen-bond donors (Lipinski definition) is 0. The van der Waals surface area contributed by atoms with Crippen LogP contribution in [0.15, 0.2) is 41.3 Å². The molecule has 1 aliphatic rings. The average Bonchev–Trinajstić information content (AvgIpc) is 3.01. The van der Waals surface area contributed by atoms with E-state index < -0.39 is 4.92 Å². The Labute approximate surface area is 194 Å². The Bertz CT molecular complexity index is 1090. The fraction of sp³-hybridized carbons (Fsp3) is 0.273. The standard InChI is InChI=1S/C22H21ClN2O6S/c1-3-8-24-21(26)19(32-22(24)27)12-15-10-17(23)20(18(11-15)30-4-2)31-13-14-6-5-7-16(9-14)25(28)29/h5-7,9-12H,3-4,8,13H2,1-2H3/b19-12+. The van der Waals surface area contributed by atoms with Crippen molar-refractivity contribution in [2.24, 2.45) is 0 Å². The van der Waals surface area contributed by atoms with Crippen LogP contribution < -0.4 is 9.47 Å². The summed E-state index contributed by atoms with van der Waals surface area (Å²) >= 11 is 7.32. The van der Waals surface area contributed by atoms with E-state index in [-0.39, 0.29) is 34.2 Å². The first-order valence-corrected chi connectivity index (χ1v) is 11.1. The van der Waals surface area contributed by atoms with Gasteiger partial charge >= 0.3 is 0 Å². The Kier molecular flexibility index (Phi) is 7.76. The summed E-state index contributed by atoms with van der Waals surface area (Å²) in [6.45, 7) is 4.47. The fourth-order valence-corrected chi connectivity index (χ4v) is 4.20. The third-order valence-corrected chi connectivity index (χ3v) is 5.64. The van der Waals surface area contributed by atoms with Crippen molar-refractivity contribution in [3.8, 4) is 11.5 Å². The molecule has 2 amide bonds. The molecule has 2 aromatic rings. The second-order valence-electron chi connectivity index (χ2n) is 6.81. The van der Waals surface area contributed by atoms with Crippen LogP contribution in [0.25, 0.3) is 6.08 Å². The zero-order valence-corrected chi connectivity index (χ0v) is 19.1. The predicted octanol–water partition coefficient (Wildman–Crippen LogP) is 5.67. The largest absolute Gasteiger partial charge is 0.490 e. The molecule has 1 heterocycles. The molecular weight excluding hydrogens is 456 g/mol. The summed E-state index contributed by atoms with van der Waals surface area (Å²) in [5.41, 5.74) is 1.16. The van der Waals surface area contributed by atoms with Crippen LogP contribution in [0.1, 0.15) is 31.4 Å². The summed E-state index contributed by atoms with van der Waals surface area (Å²) in [6.07, 6.45) is 2.28. The lowest BCUT2D eigenvalue weighted by atomic mass is 10.1. The molecule has 0 spiro atoms. The van der Waals surface area contributed by atoms with Gasteiger partial charge < -0.3 is 9.47 Å². The molecule has 0 unspecified atom stereocenters. The quantitative estimate of drug-likeness (QED) is 0.261. The van der Waals surface area contributed by atoms with Crippen molar-refractivity contribution in [3.05, 3.63) is 67.6 Å². The number of carbonyl (C=O) groups excluding carboxylic acids is 2. The van der Waals surface area contributed by atoms with Crippen LogP contribution in [0.4, 0.5) is 10.5 Å². The normalized spacial score (nSPS) is 14.8. The highest BCUT2D eigenvalue weighted by molar-refractivity contribution is 8.18. The lowest BCUT2D eigenvalue weighted by Crippen LogP contribution is -2.28. The first-order chi connectivity index (χ1) is 15.3. The van der Waals surface area contributed by atoms with Gasteiger partial charge in [-0.2, -0.15) is 0 Å². The maximum Gasteiger partial charge on any atom is 0.293 e. The van der Waals surface area contributed by atoms with E-state index in [4.69, 9.17) is 21.1 Å². The van der Waals surface area contributed by atoms with Crippen LogP contribution in [0, 0.1) is 10.1 Å². The summed E-state index contributed by atoms with van der Waals surface area (Å²) in [6, 6.07) is 9.40. The number of ether oxygens (including phenoxy) is 2. The van der Waals surface area contributed by atoms with Gasteiger partial charge in [-0.05, 0) is 54.4 Å². The van der Waals surface area contributed by atoms with Crippen LogP contribution >= 0.6 is 23.4 Å². The molecule has 3 rings (SSSR count). The predicted molar refractivity (Wildman–Crippen MR) is 123 cm³/mol. The van der Waals surface area contributed by atoms with Gasteiger partial charge in [-0.3, -0.25) is 24.6 Å². The Balaban J connectivity index is 1.85. The zero-order chi connectivity index (χ0) is 23.3. The minimum absolute atomic E-state index is 0.0328. The van der Waals surface area contributed by atoms with E-state index in [9.17, 15) is 19.7 Å². The third-order valence-electron chi connectivity index (χ3n) is 4.45. The lowest BCUT2D eigenvalue weighted by Gasteiger charge is -2.15. The van der Waals surface area contributed by atoms with Crippen molar-refractivity contribution in [2.75, 3.05) is 13.2 Å². The Morgan fingerprint density at radius 2 is 1.97 bits per heavy atom. The minimum atomic E-state index is -0.473. The van der Waals surface area contributed by atoms with Crippen molar-refractivity contribution >= 4 is 46.3 Å². The van der Waals surface area contributed by atoms with Gasteiger partial charge in [-0.1, -0.05) is 30.7 Å². The number of carbonyl (C=O) groups is 2. The van der Waals surface area contributed by atoms with Gasteiger partial charge in [0.1, 0.15) is 6.61 Å². The van der Waals surface area contributed by atoms with E-state index in [0.29, 0.717) is 41.4 Å². The molecule has 168 valence electrons. The number of halogens is 1. The van der Waals surface area contributed by atoms with Gasteiger partial charge in [0, 0.05) is 18.7 Å². The Morgan fingerprint density at radius 1 is 1.19 bits per heavy atom. The van der Waals surface area contributed by atoms with Crippen LogP contribution in [0.2, 0.25) is 5.02 Å². The average molecular weight is 477 g/mol. The third kappa shape index (κ3) is 5.41. The Morgan fingerprint density at radius 3 is 2.66 bits per heavy atom. The number of imide groups is 1. The smallest absolute Gasteiger partial charge is 0.293 e. The highest BCUT2D eigenvalue weighted by Crippen LogP contribution is 2.39. The van der Waals surface area contributed by atoms with E-state index in [1.807, 2.05) is 6.92 Å². The highest BCUT2D eigenvalue weighted by atomic mass is 35.5. The molecular formula is C22H21ClN2O6S. The molecule has 0 saturated carbocycles. The van der Waals surface area contributed by atoms with Crippen molar-refractivity contribution in [2.45, 2.75) is 26.9 Å². The maximum absolute atomic E-state index is 12.5. The van der Waals surface area contributed by atoms with Gasteiger partial charge in [0.15, 0.2) is 11.5 Å². The molecule has 8 nitrogen and oxygen atoms in total. The van der Waals surface area contributed by atoms with Gasteiger partial charge in [0.2, 0.25) is 0 Å². The lowest BCUT2D eigenvalue weighted by molar-refractivity contribution is -0.384. The molecule has 32 heavy (non-hydrogen) atoms. The molecule has 10 heteroatoms. The molecule has 0 atom stereocenters. The number of amides is 2. The number of nitro benzene ring substituents is 1. The zero-order valence-electron chi connectivity index (χ0n) is 17.5. The minimum Gasteiger partial charge on any atom is -0.490 e. The second-order valence-corrected chi connectivity index (χ2v) is 8.21. The molecule has 1 saturated heterocycles. The number of non-ortho nitro benzene ring substituents is 1. The topological polar surface area (TPSA) is 99.0 Å². The SMILES string of the molecule is CCCN1C(=O)S/C(=C/c2cc(Cl)c(OCc3cccc([N+](=O)[O-])c3)c(OCC)c2)C1=O. The highest BCUT2D eigenvalue weighted by Gasteiger charge is 2.34. The molecule has 1 fully saturated rings. The first-order valence-electron chi connectivity index (χ1n) is 9.91. The molecule has 0 aliphatic carbocycles. The maximum atomic E-state index is 12.5. The van der Waals surface area contributed by atoms with E-state index in [2.05, 4.69) is 0 Å². The summed E-state index contributed by atoms with van der Waals surface area (Å²) in [5, 5.41) is 10.9. The van der Waals surface area contributed by atoms with Crippen LogP contribution in [0.3, 0.4) is 0 Å². The molecule has 0 N–H and O–H groups in total. The van der Waals surface area contributed by atoms with E-state index >= 15 is 0 Å². The summed E-state index contributed by atoms with van der Waals surface area (Å²) in [7, 11) is 0. The number of nitro groups is 1. The monoisotopic (exact) mass is 476 g/mol. The van der Waals surface area contributed by atoms with E-state index in [0.717, 1.165) is 11.8 Å². The van der Waals surface area contributed by atoms with Crippen molar-refractivity contribution in [1.82, 2.24) is 4.90 Å². The number of nitrogens with zero attached hydrogens (tertiary/aromatic N) is 2. The number of benzene rings is 2.